The van der Waals surface area contributed by atoms with Crippen LogP contribution in [0.1, 0.15) is 258 Å². The van der Waals surface area contributed by atoms with Crippen molar-refractivity contribution in [3.63, 3.8) is 0 Å². The van der Waals surface area contributed by atoms with E-state index in [1.807, 2.05) is 53.1 Å². The van der Waals surface area contributed by atoms with Gasteiger partial charge >= 0.3 is 0 Å². The van der Waals surface area contributed by atoms with E-state index in [1.54, 1.807) is 6.92 Å². The molecule has 0 saturated carbocycles. The Kier molecular flexibility index (Phi) is 34.6. The molecule has 12 nitrogen and oxygen atoms in total. The molecule has 5 heterocycles. The standard InChI is InChI=1S/C17H28N2.C16H26N2O.C16H25NO.C16H23NO.C13H19NO.C13H20O/c1-5-18-10-12-19(13-11-18)14-15-6-8-16(9-7-15)17(2,3)4;1-13(19)18-11-15(12-18)17-9-6-14(7-10-17)5-8-16(2,3)4;1-16(2,3)13-5-7-14(8-6-13)17(4)15-9-11-18-12-10-15;1-16(2,3)14-9-7-13(8-10-14)15(18)17-11-5-4-6-12-17;1-5-14-12(15)10-6-8-11(9-7-10)13(2,3)4;1-5-10-14-12-8-6-11(7-9-12)13(2,3)4/h6-9H,5,10-14H2,1-4H3;14-15H,6-7,9-12H2,1-4H3;5-8,15H,9-12H2,1-4H3;7-10H,4-6,11-12H2,1-3H3;6-9H,5H2,1-4H3,(H,14,15);6-9H,5,10H2,1-4H3. The van der Waals surface area contributed by atoms with Crippen LogP contribution in [0.5, 0.6) is 5.75 Å². The predicted octanol–water partition coefficient (Wildman–Crippen LogP) is 18.8. The van der Waals surface area contributed by atoms with Gasteiger partial charge in [0.05, 0.1) is 6.61 Å². The van der Waals surface area contributed by atoms with E-state index < -0.39 is 0 Å². The highest BCUT2D eigenvalue weighted by Crippen LogP contribution is 2.30. The molecule has 10 rings (SSSR count). The van der Waals surface area contributed by atoms with Gasteiger partial charge in [0.15, 0.2) is 0 Å². The molecule has 0 aliphatic carbocycles. The number of nitrogens with one attached hydrogen (secondary N) is 1. The number of rotatable bonds is 12. The second kappa shape index (κ2) is 40.9. The smallest absolute Gasteiger partial charge is 0.253 e. The summed E-state index contributed by atoms with van der Waals surface area (Å²) < 4.78 is 10.9. The van der Waals surface area contributed by atoms with Crippen LogP contribution < -0.4 is 15.0 Å². The van der Waals surface area contributed by atoms with E-state index in [2.05, 4.69) is 267 Å². The van der Waals surface area contributed by atoms with Crippen LogP contribution in [0.25, 0.3) is 0 Å². The highest BCUT2D eigenvalue weighted by Gasteiger charge is 2.35. The summed E-state index contributed by atoms with van der Waals surface area (Å²) in [7, 11) is 2.20. The molecule has 103 heavy (non-hydrogen) atoms. The average Bonchev–Trinajstić information content (AvgIpc) is 0.821. The fourth-order valence-corrected chi connectivity index (χ4v) is 12.8. The molecule has 0 spiro atoms. The number of likely N-dealkylation sites (tertiary alicyclic amines) is 3. The molecule has 5 aromatic carbocycles. The third kappa shape index (κ3) is 30.9. The maximum Gasteiger partial charge on any atom is 0.253 e. The fourth-order valence-electron chi connectivity index (χ4n) is 12.8. The van der Waals surface area contributed by atoms with Gasteiger partial charge in [-0.15, -0.1) is 0 Å². The Bertz CT molecular complexity index is 3310. The van der Waals surface area contributed by atoms with Crippen LogP contribution in [-0.2, 0) is 43.2 Å². The predicted molar refractivity (Wildman–Crippen MR) is 436 cm³/mol. The number of piperazine rings is 1. The topological polar surface area (TPSA) is 101 Å². The Balaban J connectivity index is 0.000000223. The van der Waals surface area contributed by atoms with Gasteiger partial charge in [-0.3, -0.25) is 24.2 Å². The summed E-state index contributed by atoms with van der Waals surface area (Å²) >= 11 is 0. The third-order valence-electron chi connectivity index (χ3n) is 20.2. The number of benzene rings is 5. The summed E-state index contributed by atoms with van der Waals surface area (Å²) in [6.45, 7) is 64.1. The monoisotopic (exact) mass is 1410 g/mol. The van der Waals surface area contributed by atoms with Crippen LogP contribution in [0.2, 0.25) is 0 Å². The molecule has 5 saturated heterocycles. The summed E-state index contributed by atoms with van der Waals surface area (Å²) in [5.74, 6) is 8.75. The number of anilines is 1. The van der Waals surface area contributed by atoms with E-state index in [0.717, 1.165) is 115 Å². The second-order valence-corrected chi connectivity index (χ2v) is 35.3. The number of carbonyl (C=O) groups is 3. The van der Waals surface area contributed by atoms with Crippen molar-refractivity contribution >= 4 is 23.4 Å². The van der Waals surface area contributed by atoms with Crippen LogP contribution in [0.15, 0.2) is 121 Å². The van der Waals surface area contributed by atoms with Gasteiger partial charge in [0.25, 0.3) is 11.8 Å². The Morgan fingerprint density at radius 3 is 1.36 bits per heavy atom. The maximum atomic E-state index is 12.3. The number of ether oxygens (including phenoxy) is 2. The lowest BCUT2D eigenvalue weighted by molar-refractivity contribution is -0.136. The summed E-state index contributed by atoms with van der Waals surface area (Å²) in [5.41, 5.74) is 12.1. The van der Waals surface area contributed by atoms with Crippen molar-refractivity contribution in [3.8, 4) is 17.6 Å². The molecule has 5 aliphatic heterocycles. The Labute approximate surface area is 628 Å². The van der Waals surface area contributed by atoms with Crippen LogP contribution in [0.3, 0.4) is 0 Å². The van der Waals surface area contributed by atoms with Crippen LogP contribution >= 0.6 is 0 Å². The Morgan fingerprint density at radius 1 is 0.515 bits per heavy atom. The molecular weight excluding hydrogens is 1270 g/mol. The van der Waals surface area contributed by atoms with E-state index >= 15 is 0 Å². The summed E-state index contributed by atoms with van der Waals surface area (Å²) in [6, 6.07) is 43.7. The van der Waals surface area contributed by atoms with Gasteiger partial charge in [0, 0.05) is 133 Å². The largest absolute Gasteiger partial charge is 0.494 e. The van der Waals surface area contributed by atoms with Crippen LogP contribution in [-0.4, -0.2) is 160 Å². The minimum absolute atomic E-state index is 0.00189. The molecule has 0 atom stereocenters. The number of carbonyl (C=O) groups excluding carboxylic acids is 3. The highest BCUT2D eigenvalue weighted by atomic mass is 16.5. The normalized spacial score (nSPS) is 16.8. The van der Waals surface area contributed by atoms with E-state index in [0.29, 0.717) is 24.5 Å². The molecule has 5 aromatic rings. The van der Waals surface area contributed by atoms with Gasteiger partial charge in [-0.2, -0.15) is 0 Å². The van der Waals surface area contributed by atoms with Crippen LogP contribution in [0, 0.1) is 23.2 Å². The van der Waals surface area contributed by atoms with E-state index in [1.165, 1.54) is 91.1 Å². The van der Waals surface area contributed by atoms with E-state index in [-0.39, 0.29) is 50.2 Å². The quantitative estimate of drug-likeness (QED) is 0.122. The fraction of sp³-hybridized carbons (Fsp3) is 0.615. The molecule has 0 aromatic heterocycles. The SMILES string of the molecule is CC(=O)N1CC(N2CCC(C#CC(C)(C)C)CC2)C1.CC(C)(C)c1ccc(C(=O)N2CCCCC2)cc1.CCCOc1ccc(C(C)(C)C)cc1.CCN1CCN(Cc2ccc(C(C)(C)C)cc2)CC1.CCNC(=O)c1ccc(C(C)(C)C)cc1.CN(c1ccc(C(C)(C)C)cc1)C1CCOCC1. The zero-order chi connectivity index (χ0) is 76.3. The lowest BCUT2D eigenvalue weighted by atomic mass is 9.86. The van der Waals surface area contributed by atoms with Crippen molar-refractivity contribution < 1.29 is 23.9 Å². The molecule has 5 aliphatic rings. The summed E-state index contributed by atoms with van der Waals surface area (Å²) in [4.78, 5) is 48.9. The summed E-state index contributed by atoms with van der Waals surface area (Å²) in [6.07, 6.45) is 9.24. The molecule has 0 unspecified atom stereocenters. The molecule has 0 bridgehead atoms. The first-order valence-corrected chi connectivity index (χ1v) is 39.3. The minimum Gasteiger partial charge on any atom is -0.494 e. The third-order valence-corrected chi connectivity index (χ3v) is 20.2. The maximum absolute atomic E-state index is 12.3. The number of hydrogen-bond acceptors (Lipinski definition) is 9. The molecule has 5 fully saturated rings. The molecule has 0 radical (unpaired) electrons. The van der Waals surface area contributed by atoms with Crippen molar-refractivity contribution in [2.45, 2.75) is 249 Å². The van der Waals surface area contributed by atoms with Crippen molar-refractivity contribution in [1.29, 1.82) is 0 Å². The van der Waals surface area contributed by atoms with Gasteiger partial charge in [-0.1, -0.05) is 202 Å². The number of nitrogens with zero attached hydrogens (tertiary/aromatic N) is 6. The first kappa shape index (κ1) is 87.1. The molecule has 3 amide bonds. The minimum atomic E-state index is -0.00189. The zero-order valence-corrected chi connectivity index (χ0v) is 69.0. The van der Waals surface area contributed by atoms with Gasteiger partial charge in [-0.25, -0.2) is 0 Å². The van der Waals surface area contributed by atoms with Gasteiger partial charge in [0.2, 0.25) is 5.91 Å². The Hall–Kier alpha value is -6.49. The van der Waals surface area contributed by atoms with Gasteiger partial charge < -0.3 is 34.4 Å². The first-order chi connectivity index (χ1) is 48.3. The lowest BCUT2D eigenvalue weighted by Gasteiger charge is -2.47. The van der Waals surface area contributed by atoms with E-state index in [9.17, 15) is 14.4 Å². The molecule has 1 N–H and O–H groups in total. The molecular formula is C91H141N7O5. The number of hydrogen-bond donors (Lipinski definition) is 1. The molecule has 570 valence electrons. The zero-order valence-electron chi connectivity index (χ0n) is 69.0. The second-order valence-electron chi connectivity index (χ2n) is 35.3. The first-order valence-electron chi connectivity index (χ1n) is 39.3. The highest BCUT2D eigenvalue weighted by molar-refractivity contribution is 5.94. The van der Waals surface area contributed by atoms with Crippen molar-refractivity contribution in [2.24, 2.45) is 11.3 Å². The van der Waals surface area contributed by atoms with Crippen molar-refractivity contribution in [3.05, 3.63) is 166 Å². The van der Waals surface area contributed by atoms with Crippen molar-refractivity contribution in [1.82, 2.24) is 29.8 Å². The molecule has 12 heteroatoms. The number of amides is 3. The number of piperidine rings is 2. The van der Waals surface area contributed by atoms with Crippen LogP contribution in [0.4, 0.5) is 5.69 Å². The van der Waals surface area contributed by atoms with E-state index in [4.69, 9.17) is 9.47 Å². The Morgan fingerprint density at radius 2 is 0.942 bits per heavy atom. The average molecular weight is 1410 g/mol. The van der Waals surface area contributed by atoms with Gasteiger partial charge in [-0.05, 0) is 208 Å². The van der Waals surface area contributed by atoms with Gasteiger partial charge in [0.1, 0.15) is 5.75 Å². The number of likely N-dealkylation sites (N-methyl/N-ethyl adjacent to an activating group) is 1. The summed E-state index contributed by atoms with van der Waals surface area (Å²) in [5, 5.41) is 2.78. The van der Waals surface area contributed by atoms with Crippen molar-refractivity contribution in [2.75, 3.05) is 110 Å². The lowest BCUT2D eigenvalue weighted by Crippen LogP contribution is -2.61.